The zero-order valence-electron chi connectivity index (χ0n) is 19.3. The number of anilines is 2. The van der Waals surface area contributed by atoms with E-state index >= 15 is 0 Å². The van der Waals surface area contributed by atoms with Gasteiger partial charge in [0.25, 0.3) is 17.5 Å². The largest absolute Gasteiger partial charge is 0.366 e. The molecule has 3 N–H and O–H groups in total. The lowest BCUT2D eigenvalue weighted by molar-refractivity contribution is -0.384. The van der Waals surface area contributed by atoms with Gasteiger partial charge in [0.2, 0.25) is 0 Å². The van der Waals surface area contributed by atoms with Gasteiger partial charge >= 0.3 is 0 Å². The second-order valence-corrected chi connectivity index (χ2v) is 11.1. The molecule has 176 valence electrons. The number of fused-ring (bicyclic) bond motifs is 1. The Morgan fingerprint density at radius 1 is 1.24 bits per heavy atom. The molecule has 2 aliphatic rings. The molecule has 2 heterocycles. The number of nitro groups is 1. The molecule has 1 atom stereocenters. The first-order chi connectivity index (χ1) is 15.6. The van der Waals surface area contributed by atoms with Crippen LogP contribution in [0, 0.1) is 21.4 Å². The topological polar surface area (TPSA) is 119 Å². The van der Waals surface area contributed by atoms with Crippen molar-refractivity contribution in [1.29, 1.82) is 0 Å². The predicted molar refractivity (Wildman–Crippen MR) is 130 cm³/mol. The molecule has 0 bridgehead atoms. The molecule has 1 saturated heterocycles. The Labute approximate surface area is 197 Å². The van der Waals surface area contributed by atoms with Gasteiger partial charge in [0.15, 0.2) is 0 Å². The standard InChI is InChI=1S/C24H30N4O4S/c1-24(2,3)15-7-8-16-19(13-15)33-23(20(16)21(25)29)26-22(30)14-6-9-17(18(12-14)28(31)32)27-10-4-5-11-27/h6,9,12,15H,4-5,7-8,10-11,13H2,1-3H3,(H2,25,29)(H,26,30)/t15-/m1/s1. The van der Waals surface area contributed by atoms with Gasteiger partial charge in [-0.15, -0.1) is 11.3 Å². The van der Waals surface area contributed by atoms with Crippen molar-refractivity contribution in [1.82, 2.24) is 0 Å². The van der Waals surface area contributed by atoms with Gasteiger partial charge in [-0.25, -0.2) is 0 Å². The number of carbonyl (C=O) groups is 2. The summed E-state index contributed by atoms with van der Waals surface area (Å²) in [6.07, 6.45) is 4.54. The fraction of sp³-hybridized carbons (Fsp3) is 0.500. The van der Waals surface area contributed by atoms with Gasteiger partial charge in [0, 0.05) is 29.6 Å². The number of amides is 2. The highest BCUT2D eigenvalue weighted by Crippen LogP contribution is 2.44. The molecule has 9 heteroatoms. The molecule has 8 nitrogen and oxygen atoms in total. The Balaban J connectivity index is 1.62. The second-order valence-electron chi connectivity index (χ2n) is 9.99. The van der Waals surface area contributed by atoms with Gasteiger partial charge in [0.05, 0.1) is 10.5 Å². The number of primary amides is 1. The first kappa shape index (κ1) is 23.2. The minimum atomic E-state index is -0.563. The van der Waals surface area contributed by atoms with Crippen LogP contribution >= 0.6 is 11.3 Å². The van der Waals surface area contributed by atoms with Crippen molar-refractivity contribution in [3.05, 3.63) is 49.9 Å². The number of thiophene rings is 1. The van der Waals surface area contributed by atoms with Crippen molar-refractivity contribution in [2.24, 2.45) is 17.1 Å². The van der Waals surface area contributed by atoms with Crippen LogP contribution in [0.3, 0.4) is 0 Å². The molecule has 0 spiro atoms. The summed E-state index contributed by atoms with van der Waals surface area (Å²) >= 11 is 1.39. The van der Waals surface area contributed by atoms with E-state index in [4.69, 9.17) is 5.73 Å². The average molecular weight is 471 g/mol. The molecule has 0 radical (unpaired) electrons. The molecule has 0 saturated carbocycles. The summed E-state index contributed by atoms with van der Waals surface area (Å²) in [5, 5.41) is 14.9. The van der Waals surface area contributed by atoms with E-state index in [1.807, 2.05) is 4.90 Å². The number of nitrogens with one attached hydrogen (secondary N) is 1. The maximum Gasteiger partial charge on any atom is 0.293 e. The summed E-state index contributed by atoms with van der Waals surface area (Å²) in [5.74, 6) is -0.569. The molecular weight excluding hydrogens is 440 g/mol. The zero-order valence-corrected chi connectivity index (χ0v) is 20.1. The SMILES string of the molecule is CC(C)(C)[C@@H]1CCc2c(sc(NC(=O)c3ccc(N4CCCC4)c([N+](=O)[O-])c3)c2C(N)=O)C1. The molecule has 4 rings (SSSR count). The van der Waals surface area contributed by atoms with Gasteiger partial charge in [0.1, 0.15) is 10.7 Å². The number of nitrogens with two attached hydrogens (primary N) is 1. The summed E-state index contributed by atoms with van der Waals surface area (Å²) in [7, 11) is 0. The van der Waals surface area contributed by atoms with Gasteiger partial charge in [-0.05, 0) is 61.1 Å². The predicted octanol–water partition coefficient (Wildman–Crippen LogP) is 4.76. The second kappa shape index (κ2) is 8.78. The van der Waals surface area contributed by atoms with Gasteiger partial charge < -0.3 is 16.0 Å². The monoisotopic (exact) mass is 470 g/mol. The van der Waals surface area contributed by atoms with E-state index in [2.05, 4.69) is 26.1 Å². The van der Waals surface area contributed by atoms with Gasteiger partial charge in [-0.2, -0.15) is 0 Å². The van der Waals surface area contributed by atoms with Crippen LogP contribution in [0.25, 0.3) is 0 Å². The lowest BCUT2D eigenvalue weighted by atomic mass is 9.72. The van der Waals surface area contributed by atoms with Crippen LogP contribution in [-0.4, -0.2) is 29.8 Å². The Bertz CT molecular complexity index is 1110. The van der Waals surface area contributed by atoms with Crippen LogP contribution in [0.4, 0.5) is 16.4 Å². The van der Waals surface area contributed by atoms with Gasteiger partial charge in [-0.1, -0.05) is 20.8 Å². The van der Waals surface area contributed by atoms with E-state index < -0.39 is 16.7 Å². The number of nitro benzene ring substituents is 1. The molecule has 2 amide bonds. The summed E-state index contributed by atoms with van der Waals surface area (Å²) in [5.41, 5.74) is 7.77. The Morgan fingerprint density at radius 3 is 2.55 bits per heavy atom. The number of hydrogen-bond donors (Lipinski definition) is 2. The molecular formula is C24H30N4O4S. The van der Waals surface area contributed by atoms with Crippen molar-refractivity contribution < 1.29 is 14.5 Å². The molecule has 33 heavy (non-hydrogen) atoms. The minimum Gasteiger partial charge on any atom is -0.366 e. The van der Waals surface area contributed by atoms with E-state index in [0.29, 0.717) is 22.2 Å². The Morgan fingerprint density at radius 2 is 1.94 bits per heavy atom. The third kappa shape index (κ3) is 4.59. The number of carbonyl (C=O) groups excluding carboxylic acids is 2. The average Bonchev–Trinajstić information content (AvgIpc) is 3.39. The minimum absolute atomic E-state index is 0.0850. The van der Waals surface area contributed by atoms with Crippen molar-refractivity contribution in [2.45, 2.75) is 52.9 Å². The van der Waals surface area contributed by atoms with Crippen LogP contribution in [0.1, 0.15) is 71.2 Å². The highest BCUT2D eigenvalue weighted by Gasteiger charge is 2.34. The Hall–Kier alpha value is -2.94. The Kier molecular flexibility index (Phi) is 6.18. The van der Waals surface area contributed by atoms with Crippen LogP contribution in [0.2, 0.25) is 0 Å². The van der Waals surface area contributed by atoms with Crippen LogP contribution < -0.4 is 16.0 Å². The summed E-state index contributed by atoms with van der Waals surface area (Å²) in [6.45, 7) is 8.18. The lowest BCUT2D eigenvalue weighted by Gasteiger charge is -2.33. The fourth-order valence-corrected chi connectivity index (χ4v) is 6.21. The first-order valence-corrected chi connectivity index (χ1v) is 12.2. The number of hydrogen-bond acceptors (Lipinski definition) is 6. The normalized spacial score (nSPS) is 18.2. The van der Waals surface area contributed by atoms with E-state index in [9.17, 15) is 19.7 Å². The third-order valence-electron chi connectivity index (χ3n) is 6.84. The highest BCUT2D eigenvalue weighted by molar-refractivity contribution is 7.17. The van der Waals surface area contributed by atoms with Crippen molar-refractivity contribution in [2.75, 3.05) is 23.3 Å². The van der Waals surface area contributed by atoms with E-state index in [1.165, 1.54) is 17.4 Å². The van der Waals surface area contributed by atoms with Gasteiger partial charge in [-0.3, -0.25) is 19.7 Å². The molecule has 1 aliphatic carbocycles. The fourth-order valence-electron chi connectivity index (χ4n) is 4.89. The maximum atomic E-state index is 13.0. The zero-order chi connectivity index (χ0) is 23.9. The third-order valence-corrected chi connectivity index (χ3v) is 8.01. The first-order valence-electron chi connectivity index (χ1n) is 11.4. The molecule has 1 fully saturated rings. The highest BCUT2D eigenvalue weighted by atomic mass is 32.1. The van der Waals surface area contributed by atoms with Crippen LogP contribution in [0.15, 0.2) is 18.2 Å². The maximum absolute atomic E-state index is 13.0. The molecule has 1 aromatic heterocycles. The quantitative estimate of drug-likeness (QED) is 0.482. The summed E-state index contributed by atoms with van der Waals surface area (Å²) < 4.78 is 0. The van der Waals surface area contributed by atoms with Crippen molar-refractivity contribution in [3.8, 4) is 0 Å². The molecule has 2 aromatic rings. The number of benzene rings is 1. The van der Waals surface area contributed by atoms with E-state index in [-0.39, 0.29) is 16.7 Å². The van der Waals surface area contributed by atoms with E-state index in [1.54, 1.807) is 12.1 Å². The number of nitrogens with zero attached hydrogens (tertiary/aromatic N) is 2. The summed E-state index contributed by atoms with van der Waals surface area (Å²) in [4.78, 5) is 39.6. The molecule has 1 aliphatic heterocycles. The molecule has 0 unspecified atom stereocenters. The van der Waals surface area contributed by atoms with Crippen LogP contribution in [0.5, 0.6) is 0 Å². The number of rotatable bonds is 5. The van der Waals surface area contributed by atoms with Crippen molar-refractivity contribution in [3.63, 3.8) is 0 Å². The van der Waals surface area contributed by atoms with Crippen molar-refractivity contribution >= 4 is 39.5 Å². The van der Waals surface area contributed by atoms with Crippen LogP contribution in [-0.2, 0) is 12.8 Å². The molecule has 1 aromatic carbocycles. The lowest BCUT2D eigenvalue weighted by Crippen LogP contribution is -2.27. The van der Waals surface area contributed by atoms with E-state index in [0.717, 1.165) is 55.6 Å². The smallest absolute Gasteiger partial charge is 0.293 e. The summed E-state index contributed by atoms with van der Waals surface area (Å²) in [6, 6.07) is 4.56.